The number of piperidine rings is 1. The maximum atomic E-state index is 12.6. The predicted molar refractivity (Wildman–Crippen MR) is 97.9 cm³/mol. The van der Waals surface area contributed by atoms with Crippen LogP contribution in [0.3, 0.4) is 0 Å². The number of nitrogens with zero attached hydrogens (tertiary/aromatic N) is 2. The molecule has 148 valence electrons. The molecule has 3 aliphatic heterocycles. The number of fused-ring (bicyclic) bond motifs is 1. The van der Waals surface area contributed by atoms with Crippen molar-refractivity contribution >= 4 is 21.7 Å². The molecule has 3 unspecified atom stereocenters. The van der Waals surface area contributed by atoms with Gasteiger partial charge in [-0.25, -0.2) is 8.42 Å². The molecule has 0 radical (unpaired) electrons. The second kappa shape index (κ2) is 6.94. The first-order valence-corrected chi connectivity index (χ1v) is 11.1. The summed E-state index contributed by atoms with van der Waals surface area (Å²) in [5, 5.41) is 2.48. The van der Waals surface area contributed by atoms with E-state index < -0.39 is 15.1 Å². The fourth-order valence-corrected chi connectivity index (χ4v) is 7.04. The zero-order chi connectivity index (χ0) is 19.2. The summed E-state index contributed by atoms with van der Waals surface area (Å²) in [6.07, 6.45) is 4.52. The molecule has 4 heterocycles. The Kier molecular flexibility index (Phi) is 4.75. The summed E-state index contributed by atoms with van der Waals surface area (Å²) < 4.78 is 30.2. The quantitative estimate of drug-likeness (QED) is 0.780. The average Bonchev–Trinajstić information content (AvgIpc) is 3.34. The van der Waals surface area contributed by atoms with Gasteiger partial charge in [0.1, 0.15) is 6.26 Å². The highest BCUT2D eigenvalue weighted by Crippen LogP contribution is 2.36. The number of amides is 2. The van der Waals surface area contributed by atoms with E-state index >= 15 is 0 Å². The van der Waals surface area contributed by atoms with Gasteiger partial charge < -0.3 is 14.6 Å². The molecule has 0 aromatic carbocycles. The molecule has 2 amide bonds. The van der Waals surface area contributed by atoms with Gasteiger partial charge in [-0.1, -0.05) is 0 Å². The minimum absolute atomic E-state index is 0.00253. The van der Waals surface area contributed by atoms with Crippen molar-refractivity contribution in [1.29, 1.82) is 0 Å². The molecule has 0 aliphatic carbocycles. The standard InChI is InChI=1S/C18H25N3O5S/c1-12(22)20-5-2-14(3-6-20)21-8-15-16(11-27(24,25)17(15)9-21)19-18(23)13-4-7-26-10-13/h4,7,10,14-17H,2-3,5-6,8-9,11H2,1H3,(H,19,23). The molecule has 3 aliphatic rings. The molecule has 1 N–H and O–H groups in total. The van der Waals surface area contributed by atoms with Gasteiger partial charge in [0, 0.05) is 51.1 Å². The van der Waals surface area contributed by atoms with Crippen molar-refractivity contribution < 1.29 is 22.4 Å². The van der Waals surface area contributed by atoms with E-state index in [2.05, 4.69) is 10.2 Å². The molecular formula is C18H25N3O5S. The van der Waals surface area contributed by atoms with E-state index in [-0.39, 0.29) is 29.5 Å². The lowest BCUT2D eigenvalue weighted by Gasteiger charge is -2.36. The highest BCUT2D eigenvalue weighted by Gasteiger charge is 2.53. The van der Waals surface area contributed by atoms with Crippen molar-refractivity contribution in [2.75, 3.05) is 31.9 Å². The second-order valence-corrected chi connectivity index (χ2v) is 10.1. The van der Waals surface area contributed by atoms with Crippen LogP contribution in [0, 0.1) is 5.92 Å². The fraction of sp³-hybridized carbons (Fsp3) is 0.667. The van der Waals surface area contributed by atoms with Crippen molar-refractivity contribution in [3.05, 3.63) is 24.2 Å². The lowest BCUT2D eigenvalue weighted by molar-refractivity contribution is -0.130. The van der Waals surface area contributed by atoms with Crippen LogP contribution in [0.15, 0.2) is 23.0 Å². The third-order valence-corrected chi connectivity index (χ3v) is 8.50. The van der Waals surface area contributed by atoms with Gasteiger partial charge in [-0.15, -0.1) is 0 Å². The van der Waals surface area contributed by atoms with Crippen LogP contribution in [0.1, 0.15) is 30.1 Å². The summed E-state index contributed by atoms with van der Waals surface area (Å²) in [7, 11) is -3.23. The van der Waals surface area contributed by atoms with E-state index in [0.29, 0.717) is 24.7 Å². The number of sulfone groups is 1. The normalized spacial score (nSPS) is 31.0. The van der Waals surface area contributed by atoms with Crippen LogP contribution in [-0.2, 0) is 14.6 Å². The molecule has 3 atom stereocenters. The fourth-order valence-electron chi connectivity index (χ4n) is 4.73. The molecular weight excluding hydrogens is 370 g/mol. The molecule has 3 fully saturated rings. The molecule has 1 aromatic rings. The highest BCUT2D eigenvalue weighted by atomic mass is 32.2. The summed E-state index contributed by atoms with van der Waals surface area (Å²) in [5.74, 6) is -0.284. The van der Waals surface area contributed by atoms with E-state index in [4.69, 9.17) is 4.42 Å². The number of carbonyl (C=O) groups is 2. The first-order valence-electron chi connectivity index (χ1n) is 9.39. The third-order valence-electron chi connectivity index (χ3n) is 6.25. The van der Waals surface area contributed by atoms with E-state index in [9.17, 15) is 18.0 Å². The molecule has 0 bridgehead atoms. The highest BCUT2D eigenvalue weighted by molar-refractivity contribution is 7.92. The molecule has 1 aromatic heterocycles. The van der Waals surface area contributed by atoms with Crippen LogP contribution in [-0.4, -0.2) is 79.3 Å². The van der Waals surface area contributed by atoms with Gasteiger partial charge in [0.15, 0.2) is 9.84 Å². The monoisotopic (exact) mass is 395 g/mol. The SMILES string of the molecule is CC(=O)N1CCC(N2CC3C(NC(=O)c4ccoc4)CS(=O)(=O)C3C2)CC1. The second-order valence-electron chi connectivity index (χ2n) is 7.81. The zero-order valence-corrected chi connectivity index (χ0v) is 16.2. The van der Waals surface area contributed by atoms with E-state index in [1.54, 1.807) is 13.0 Å². The summed E-state index contributed by atoms with van der Waals surface area (Å²) in [6, 6.07) is 1.50. The van der Waals surface area contributed by atoms with Gasteiger partial charge >= 0.3 is 0 Å². The number of hydrogen-bond donors (Lipinski definition) is 1. The van der Waals surface area contributed by atoms with E-state index in [0.717, 1.165) is 25.9 Å². The summed E-state index contributed by atoms with van der Waals surface area (Å²) >= 11 is 0. The number of furan rings is 1. The molecule has 4 rings (SSSR count). The third kappa shape index (κ3) is 3.50. The first-order chi connectivity index (χ1) is 12.8. The predicted octanol–water partition coefficient (Wildman–Crippen LogP) is 0.118. The number of carbonyl (C=O) groups excluding carboxylic acids is 2. The van der Waals surface area contributed by atoms with Crippen LogP contribution in [0.4, 0.5) is 0 Å². The smallest absolute Gasteiger partial charge is 0.254 e. The number of nitrogens with one attached hydrogen (secondary N) is 1. The minimum Gasteiger partial charge on any atom is -0.472 e. The Hall–Kier alpha value is -1.87. The lowest BCUT2D eigenvalue weighted by Crippen LogP contribution is -2.47. The van der Waals surface area contributed by atoms with Crippen molar-refractivity contribution in [1.82, 2.24) is 15.1 Å². The molecule has 3 saturated heterocycles. The molecule has 0 spiro atoms. The lowest BCUT2D eigenvalue weighted by atomic mass is 9.99. The van der Waals surface area contributed by atoms with Gasteiger partial charge in [-0.2, -0.15) is 0 Å². The van der Waals surface area contributed by atoms with Gasteiger partial charge in [-0.3, -0.25) is 14.5 Å². The van der Waals surface area contributed by atoms with Crippen molar-refractivity contribution in [2.24, 2.45) is 5.92 Å². The van der Waals surface area contributed by atoms with Crippen LogP contribution in [0.25, 0.3) is 0 Å². The average molecular weight is 395 g/mol. The molecule has 9 heteroatoms. The largest absolute Gasteiger partial charge is 0.472 e. The Morgan fingerprint density at radius 1 is 1.22 bits per heavy atom. The number of rotatable bonds is 3. The van der Waals surface area contributed by atoms with Crippen LogP contribution in [0.2, 0.25) is 0 Å². The summed E-state index contributed by atoms with van der Waals surface area (Å²) in [6.45, 7) is 4.22. The summed E-state index contributed by atoms with van der Waals surface area (Å²) in [4.78, 5) is 27.9. The van der Waals surface area contributed by atoms with Gasteiger partial charge in [-0.05, 0) is 18.9 Å². The van der Waals surface area contributed by atoms with Crippen molar-refractivity contribution in [3.63, 3.8) is 0 Å². The Bertz CT molecular complexity index is 814. The van der Waals surface area contributed by atoms with Crippen LogP contribution < -0.4 is 5.32 Å². The van der Waals surface area contributed by atoms with Gasteiger partial charge in [0.2, 0.25) is 5.91 Å². The molecule has 27 heavy (non-hydrogen) atoms. The number of hydrogen-bond acceptors (Lipinski definition) is 6. The minimum atomic E-state index is -3.23. The molecule has 8 nitrogen and oxygen atoms in total. The maximum absolute atomic E-state index is 12.6. The Morgan fingerprint density at radius 2 is 1.96 bits per heavy atom. The van der Waals surface area contributed by atoms with Crippen molar-refractivity contribution in [2.45, 2.75) is 37.1 Å². The van der Waals surface area contributed by atoms with Gasteiger partial charge in [0.05, 0.1) is 22.8 Å². The van der Waals surface area contributed by atoms with Gasteiger partial charge in [0.25, 0.3) is 5.91 Å². The number of likely N-dealkylation sites (tertiary alicyclic amines) is 2. The topological polar surface area (TPSA) is 99.9 Å². The zero-order valence-electron chi connectivity index (χ0n) is 15.3. The Labute approximate surface area is 158 Å². The van der Waals surface area contributed by atoms with Crippen LogP contribution in [0.5, 0.6) is 0 Å². The Balaban J connectivity index is 1.42. The van der Waals surface area contributed by atoms with E-state index in [1.807, 2.05) is 4.90 Å². The summed E-state index contributed by atoms with van der Waals surface area (Å²) in [5.41, 5.74) is 0.405. The van der Waals surface area contributed by atoms with Crippen molar-refractivity contribution in [3.8, 4) is 0 Å². The van der Waals surface area contributed by atoms with Crippen LogP contribution >= 0.6 is 0 Å². The Morgan fingerprint density at radius 3 is 2.59 bits per heavy atom. The molecule has 0 saturated carbocycles. The maximum Gasteiger partial charge on any atom is 0.254 e. The first kappa shape index (κ1) is 18.5. The van der Waals surface area contributed by atoms with E-state index in [1.165, 1.54) is 12.5 Å².